The van der Waals surface area contributed by atoms with Crippen LogP contribution in [0.4, 0.5) is 8.78 Å². The molecule has 0 saturated heterocycles. The molecule has 1 rings (SSSR count). The van der Waals surface area contributed by atoms with Gasteiger partial charge in [-0.2, -0.15) is 0 Å². The summed E-state index contributed by atoms with van der Waals surface area (Å²) in [5, 5.41) is 0. The van der Waals surface area contributed by atoms with Gasteiger partial charge in [0.25, 0.3) is 0 Å². The third-order valence-electron chi connectivity index (χ3n) is 2.76. The first kappa shape index (κ1) is 11.2. The first-order chi connectivity index (χ1) is 6.60. The van der Waals surface area contributed by atoms with E-state index in [2.05, 4.69) is 0 Å². The van der Waals surface area contributed by atoms with Crippen LogP contribution in [0.3, 0.4) is 0 Å². The van der Waals surface area contributed by atoms with E-state index < -0.39 is 11.6 Å². The molecule has 0 heterocycles. The SMILES string of the molecule is CCC(CC)c1cc(F)c(C)c(F)c1. The summed E-state index contributed by atoms with van der Waals surface area (Å²) in [7, 11) is 0. The van der Waals surface area contributed by atoms with Crippen LogP contribution in [0.25, 0.3) is 0 Å². The van der Waals surface area contributed by atoms with Crippen molar-refractivity contribution in [3.05, 3.63) is 34.9 Å². The van der Waals surface area contributed by atoms with Crippen molar-refractivity contribution < 1.29 is 8.78 Å². The Morgan fingerprint density at radius 3 is 1.86 bits per heavy atom. The maximum atomic E-state index is 13.2. The van der Waals surface area contributed by atoms with Gasteiger partial charge in [-0.1, -0.05) is 13.8 Å². The highest BCUT2D eigenvalue weighted by atomic mass is 19.1. The molecule has 1 aromatic rings. The van der Waals surface area contributed by atoms with Crippen LogP contribution in [0.2, 0.25) is 0 Å². The van der Waals surface area contributed by atoms with Crippen molar-refractivity contribution in [3.63, 3.8) is 0 Å². The van der Waals surface area contributed by atoms with E-state index in [0.717, 1.165) is 18.4 Å². The second-order valence-electron chi connectivity index (χ2n) is 3.62. The van der Waals surface area contributed by atoms with Gasteiger partial charge in [-0.25, -0.2) is 8.78 Å². The minimum Gasteiger partial charge on any atom is -0.207 e. The smallest absolute Gasteiger partial charge is 0.129 e. The number of rotatable bonds is 3. The number of hydrogen-bond donors (Lipinski definition) is 0. The molecule has 0 aromatic heterocycles. The van der Waals surface area contributed by atoms with E-state index in [4.69, 9.17) is 0 Å². The van der Waals surface area contributed by atoms with Crippen molar-refractivity contribution in [2.75, 3.05) is 0 Å². The highest BCUT2D eigenvalue weighted by molar-refractivity contribution is 5.27. The zero-order valence-electron chi connectivity index (χ0n) is 8.90. The molecule has 0 unspecified atom stereocenters. The molecule has 0 radical (unpaired) electrons. The molecule has 0 saturated carbocycles. The summed E-state index contributed by atoms with van der Waals surface area (Å²) < 4.78 is 26.5. The molecule has 0 aliphatic heterocycles. The summed E-state index contributed by atoms with van der Waals surface area (Å²) in [6, 6.07) is 2.91. The molecule has 0 atom stereocenters. The van der Waals surface area contributed by atoms with Crippen LogP contribution in [0.1, 0.15) is 43.7 Å². The van der Waals surface area contributed by atoms with Crippen molar-refractivity contribution >= 4 is 0 Å². The molecule has 1 aromatic carbocycles. The van der Waals surface area contributed by atoms with Crippen LogP contribution < -0.4 is 0 Å². The third-order valence-corrected chi connectivity index (χ3v) is 2.76. The molecule has 0 N–H and O–H groups in total. The zero-order chi connectivity index (χ0) is 10.7. The molecule has 0 aliphatic carbocycles. The minimum atomic E-state index is -0.438. The Bertz CT molecular complexity index is 291. The lowest BCUT2D eigenvalue weighted by Crippen LogP contribution is -1.99. The van der Waals surface area contributed by atoms with Gasteiger partial charge in [-0.05, 0) is 43.4 Å². The lowest BCUT2D eigenvalue weighted by atomic mass is 9.93. The number of benzene rings is 1. The van der Waals surface area contributed by atoms with Gasteiger partial charge < -0.3 is 0 Å². The lowest BCUT2D eigenvalue weighted by Gasteiger charge is -2.13. The molecule has 0 spiro atoms. The number of halogens is 2. The largest absolute Gasteiger partial charge is 0.207 e. The molecule has 78 valence electrons. The Morgan fingerprint density at radius 1 is 1.07 bits per heavy atom. The third kappa shape index (κ3) is 2.11. The summed E-state index contributed by atoms with van der Waals surface area (Å²) in [6.45, 7) is 5.52. The predicted molar refractivity (Wildman–Crippen MR) is 54.4 cm³/mol. The molecule has 0 fully saturated rings. The Kier molecular flexibility index (Phi) is 3.62. The van der Waals surface area contributed by atoms with Crippen molar-refractivity contribution in [2.24, 2.45) is 0 Å². The first-order valence-corrected chi connectivity index (χ1v) is 5.05. The molecule has 0 nitrogen and oxygen atoms in total. The molecule has 0 amide bonds. The molecule has 2 heteroatoms. The van der Waals surface area contributed by atoms with Gasteiger partial charge in [0.15, 0.2) is 0 Å². The summed E-state index contributed by atoms with van der Waals surface area (Å²) >= 11 is 0. The van der Waals surface area contributed by atoms with E-state index >= 15 is 0 Å². The lowest BCUT2D eigenvalue weighted by molar-refractivity contribution is 0.552. The Hall–Kier alpha value is -0.920. The van der Waals surface area contributed by atoms with Crippen LogP contribution in [0.5, 0.6) is 0 Å². The highest BCUT2D eigenvalue weighted by Gasteiger charge is 2.12. The number of hydrogen-bond acceptors (Lipinski definition) is 0. The summed E-state index contributed by atoms with van der Waals surface area (Å²) in [5.74, 6) is -0.613. The average Bonchev–Trinajstić information content (AvgIpc) is 2.16. The fourth-order valence-electron chi connectivity index (χ4n) is 1.66. The monoisotopic (exact) mass is 198 g/mol. The Labute approximate surface area is 84.0 Å². The second kappa shape index (κ2) is 4.54. The van der Waals surface area contributed by atoms with Gasteiger partial charge in [0, 0.05) is 5.56 Å². The van der Waals surface area contributed by atoms with E-state index in [1.165, 1.54) is 19.1 Å². The highest BCUT2D eigenvalue weighted by Crippen LogP contribution is 2.25. The topological polar surface area (TPSA) is 0 Å². The zero-order valence-corrected chi connectivity index (χ0v) is 8.90. The summed E-state index contributed by atoms with van der Waals surface area (Å²) in [5.41, 5.74) is 0.885. The van der Waals surface area contributed by atoms with Crippen LogP contribution in [-0.2, 0) is 0 Å². The standard InChI is InChI=1S/C12H16F2/c1-4-9(5-2)10-6-11(13)8(3)12(14)7-10/h6-7,9H,4-5H2,1-3H3. The van der Waals surface area contributed by atoms with Gasteiger partial charge in [-0.15, -0.1) is 0 Å². The van der Waals surface area contributed by atoms with Crippen LogP contribution in [-0.4, -0.2) is 0 Å². The molecule has 0 aliphatic rings. The van der Waals surface area contributed by atoms with E-state index in [-0.39, 0.29) is 11.5 Å². The van der Waals surface area contributed by atoms with Crippen LogP contribution >= 0.6 is 0 Å². The normalized spacial score (nSPS) is 11.0. The van der Waals surface area contributed by atoms with E-state index in [1.807, 2.05) is 13.8 Å². The van der Waals surface area contributed by atoms with Gasteiger partial charge in [0.1, 0.15) is 11.6 Å². The van der Waals surface area contributed by atoms with Gasteiger partial charge >= 0.3 is 0 Å². The quantitative estimate of drug-likeness (QED) is 0.683. The average molecular weight is 198 g/mol. The van der Waals surface area contributed by atoms with Gasteiger partial charge in [0.2, 0.25) is 0 Å². The first-order valence-electron chi connectivity index (χ1n) is 5.05. The summed E-state index contributed by atoms with van der Waals surface area (Å²) in [4.78, 5) is 0. The van der Waals surface area contributed by atoms with Crippen LogP contribution in [0.15, 0.2) is 12.1 Å². The second-order valence-corrected chi connectivity index (χ2v) is 3.62. The van der Waals surface area contributed by atoms with Crippen LogP contribution in [0, 0.1) is 18.6 Å². The Balaban J connectivity index is 3.11. The van der Waals surface area contributed by atoms with E-state index in [9.17, 15) is 8.78 Å². The van der Waals surface area contributed by atoms with Crippen molar-refractivity contribution in [1.82, 2.24) is 0 Å². The summed E-state index contributed by atoms with van der Waals surface area (Å²) in [6.07, 6.45) is 1.83. The van der Waals surface area contributed by atoms with Gasteiger partial charge in [0.05, 0.1) is 0 Å². The van der Waals surface area contributed by atoms with E-state index in [0.29, 0.717) is 0 Å². The Morgan fingerprint density at radius 2 is 1.50 bits per heavy atom. The van der Waals surface area contributed by atoms with Gasteiger partial charge in [-0.3, -0.25) is 0 Å². The maximum absolute atomic E-state index is 13.2. The van der Waals surface area contributed by atoms with Crippen molar-refractivity contribution in [2.45, 2.75) is 39.5 Å². The van der Waals surface area contributed by atoms with Crippen molar-refractivity contribution in [1.29, 1.82) is 0 Å². The molecule has 0 bridgehead atoms. The molecule has 14 heavy (non-hydrogen) atoms. The minimum absolute atomic E-state index is 0.111. The van der Waals surface area contributed by atoms with E-state index in [1.54, 1.807) is 0 Å². The van der Waals surface area contributed by atoms with Crippen molar-refractivity contribution in [3.8, 4) is 0 Å². The predicted octanol–water partition coefficient (Wildman–Crippen LogP) is 4.18. The molecular weight excluding hydrogens is 182 g/mol. The fraction of sp³-hybridized carbons (Fsp3) is 0.500. The molecular formula is C12H16F2. The maximum Gasteiger partial charge on any atom is 0.129 e. The fourth-order valence-corrected chi connectivity index (χ4v) is 1.66.